The van der Waals surface area contributed by atoms with Gasteiger partial charge in [-0.2, -0.15) is 5.10 Å². The number of rotatable bonds is 6. The van der Waals surface area contributed by atoms with Crippen LogP contribution >= 0.6 is 11.8 Å². The van der Waals surface area contributed by atoms with Crippen molar-refractivity contribution in [3.05, 3.63) is 69.8 Å². The molecule has 9 heteroatoms. The fourth-order valence-corrected chi connectivity index (χ4v) is 3.51. The van der Waals surface area contributed by atoms with Gasteiger partial charge < -0.3 is 4.74 Å². The van der Waals surface area contributed by atoms with E-state index in [2.05, 4.69) is 10.2 Å². The van der Waals surface area contributed by atoms with Gasteiger partial charge in [0, 0.05) is 17.7 Å². The topological polar surface area (TPSA) is 97.4 Å². The van der Waals surface area contributed by atoms with Gasteiger partial charge in [-0.05, 0) is 24.6 Å². The number of non-ortho nitro benzene ring substituents is 1. The predicted octanol–water partition coefficient (Wildman–Crippen LogP) is 3.46. The van der Waals surface area contributed by atoms with Crippen LogP contribution in [0.1, 0.15) is 18.1 Å². The highest BCUT2D eigenvalue weighted by Gasteiger charge is 2.35. The number of methoxy groups -OCH3 is 1. The molecule has 1 atom stereocenters. The summed E-state index contributed by atoms with van der Waals surface area (Å²) >= 11 is 1.33. The van der Waals surface area contributed by atoms with E-state index in [9.17, 15) is 14.9 Å². The second kappa shape index (κ2) is 8.66. The molecular formula is C19H18N4O4S. The van der Waals surface area contributed by atoms with Crippen LogP contribution in [-0.4, -0.2) is 39.5 Å². The highest BCUT2D eigenvalue weighted by molar-refractivity contribution is 8.15. The molecule has 3 rings (SSSR count). The third-order valence-corrected chi connectivity index (χ3v) is 5.13. The normalized spacial score (nSPS) is 18.2. The van der Waals surface area contributed by atoms with Crippen molar-refractivity contribution in [2.75, 3.05) is 7.11 Å². The summed E-state index contributed by atoms with van der Waals surface area (Å²) in [6.07, 6.45) is 1.43. The molecule has 1 unspecified atom stereocenters. The molecule has 0 aliphatic carbocycles. The third kappa shape index (κ3) is 4.55. The Morgan fingerprint density at radius 1 is 1.29 bits per heavy atom. The zero-order valence-electron chi connectivity index (χ0n) is 15.3. The number of carbonyl (C=O) groups excluding carboxylic acids is 1. The molecule has 1 aliphatic rings. The van der Waals surface area contributed by atoms with E-state index in [0.29, 0.717) is 17.3 Å². The maximum absolute atomic E-state index is 12.5. The number of amides is 1. The average molecular weight is 398 g/mol. The summed E-state index contributed by atoms with van der Waals surface area (Å²) in [6, 6.07) is 13.6. The first kappa shape index (κ1) is 19.6. The Bertz CT molecular complexity index is 943. The average Bonchev–Trinajstić information content (AvgIpc) is 2.96. The van der Waals surface area contributed by atoms with E-state index in [1.807, 2.05) is 31.2 Å². The zero-order chi connectivity index (χ0) is 20.1. The molecule has 28 heavy (non-hydrogen) atoms. The number of carbonyl (C=O) groups is 1. The highest BCUT2D eigenvalue weighted by Crippen LogP contribution is 2.28. The van der Waals surface area contributed by atoms with Crippen molar-refractivity contribution in [2.24, 2.45) is 10.2 Å². The number of ether oxygens (including phenoxy) is 1. The number of nitrogens with zero attached hydrogens (tertiary/aromatic N) is 4. The minimum atomic E-state index is -0.465. The molecule has 2 aromatic rings. The van der Waals surface area contributed by atoms with Gasteiger partial charge in [-0.1, -0.05) is 36.0 Å². The molecule has 144 valence electrons. The van der Waals surface area contributed by atoms with Crippen molar-refractivity contribution in [1.82, 2.24) is 4.90 Å². The largest absolute Gasteiger partial charge is 0.497 e. The standard InChI is InChI=1S/C19H18N4O4S/c1-13-18(24)22(12-14-6-8-17(27-2)9-7-14)19(28-13)21-20-11-15-4-3-5-16(10-15)23(25)26/h3-11,13H,12H2,1-2H3. The lowest BCUT2D eigenvalue weighted by molar-refractivity contribution is -0.384. The maximum atomic E-state index is 12.5. The molecule has 1 saturated heterocycles. The fourth-order valence-electron chi connectivity index (χ4n) is 2.59. The van der Waals surface area contributed by atoms with E-state index in [-0.39, 0.29) is 16.8 Å². The van der Waals surface area contributed by atoms with Gasteiger partial charge in [-0.3, -0.25) is 19.8 Å². The van der Waals surface area contributed by atoms with Gasteiger partial charge in [0.15, 0.2) is 5.17 Å². The van der Waals surface area contributed by atoms with Gasteiger partial charge in [0.2, 0.25) is 5.91 Å². The Balaban J connectivity index is 1.77. The molecule has 0 spiro atoms. The van der Waals surface area contributed by atoms with Crippen LogP contribution in [0.25, 0.3) is 0 Å². The van der Waals surface area contributed by atoms with Crippen LogP contribution in [0.5, 0.6) is 5.75 Å². The first-order valence-corrected chi connectivity index (χ1v) is 9.32. The zero-order valence-corrected chi connectivity index (χ0v) is 16.1. The summed E-state index contributed by atoms with van der Waals surface area (Å²) in [5, 5.41) is 19.3. The maximum Gasteiger partial charge on any atom is 0.270 e. The van der Waals surface area contributed by atoms with Crippen LogP contribution in [0.4, 0.5) is 5.69 Å². The molecule has 1 aliphatic heterocycles. The van der Waals surface area contributed by atoms with Crippen LogP contribution in [-0.2, 0) is 11.3 Å². The minimum absolute atomic E-state index is 0.0169. The number of hydrogen-bond donors (Lipinski definition) is 0. The Kier molecular flexibility index (Phi) is 6.05. The SMILES string of the molecule is COc1ccc(CN2C(=O)C(C)SC2=NN=Cc2cccc([N+](=O)[O-])c2)cc1. The Labute approximate surface area is 166 Å². The number of nitro benzene ring substituents is 1. The first-order chi connectivity index (χ1) is 13.5. The van der Waals surface area contributed by atoms with E-state index in [1.165, 1.54) is 30.1 Å². The van der Waals surface area contributed by atoms with Crippen LogP contribution in [0.2, 0.25) is 0 Å². The van der Waals surface area contributed by atoms with Crippen molar-refractivity contribution in [1.29, 1.82) is 0 Å². The van der Waals surface area contributed by atoms with Crippen molar-refractivity contribution < 1.29 is 14.5 Å². The van der Waals surface area contributed by atoms with E-state index >= 15 is 0 Å². The first-order valence-electron chi connectivity index (χ1n) is 8.44. The molecule has 1 amide bonds. The lowest BCUT2D eigenvalue weighted by atomic mass is 10.2. The van der Waals surface area contributed by atoms with Crippen LogP contribution in [0.3, 0.4) is 0 Å². The molecule has 0 saturated carbocycles. The number of nitro groups is 1. The van der Waals surface area contributed by atoms with Crippen molar-refractivity contribution in [3.8, 4) is 5.75 Å². The second-order valence-electron chi connectivity index (χ2n) is 6.01. The molecular weight excluding hydrogens is 380 g/mol. The van der Waals surface area contributed by atoms with Crippen LogP contribution in [0.15, 0.2) is 58.7 Å². The van der Waals surface area contributed by atoms with Crippen LogP contribution < -0.4 is 4.74 Å². The third-order valence-electron chi connectivity index (χ3n) is 4.06. The molecule has 0 bridgehead atoms. The van der Waals surface area contributed by atoms with E-state index in [0.717, 1.165) is 11.3 Å². The van der Waals surface area contributed by atoms with Crippen molar-refractivity contribution in [3.63, 3.8) is 0 Å². The number of thioether (sulfide) groups is 1. The van der Waals surface area contributed by atoms with Gasteiger partial charge in [-0.15, -0.1) is 5.10 Å². The summed E-state index contributed by atoms with van der Waals surface area (Å²) in [5.41, 5.74) is 1.48. The monoisotopic (exact) mass is 398 g/mol. The summed E-state index contributed by atoms with van der Waals surface area (Å²) in [7, 11) is 1.60. The molecule has 0 N–H and O–H groups in total. The van der Waals surface area contributed by atoms with Gasteiger partial charge in [-0.25, -0.2) is 0 Å². The highest BCUT2D eigenvalue weighted by atomic mass is 32.2. The Morgan fingerprint density at radius 3 is 2.71 bits per heavy atom. The van der Waals surface area contributed by atoms with E-state index < -0.39 is 4.92 Å². The Hall–Kier alpha value is -3.20. The van der Waals surface area contributed by atoms with E-state index in [4.69, 9.17) is 4.74 Å². The molecule has 8 nitrogen and oxygen atoms in total. The molecule has 0 radical (unpaired) electrons. The molecule has 1 heterocycles. The van der Waals surface area contributed by atoms with Crippen molar-refractivity contribution >= 4 is 34.7 Å². The molecule has 2 aromatic carbocycles. The van der Waals surface area contributed by atoms with Gasteiger partial charge in [0.05, 0.1) is 30.0 Å². The van der Waals surface area contributed by atoms with Gasteiger partial charge in [0.25, 0.3) is 5.69 Å². The summed E-state index contributed by atoms with van der Waals surface area (Å²) in [5.74, 6) is 0.708. The summed E-state index contributed by atoms with van der Waals surface area (Å²) in [4.78, 5) is 24.4. The summed E-state index contributed by atoms with van der Waals surface area (Å²) < 4.78 is 5.15. The van der Waals surface area contributed by atoms with Crippen LogP contribution in [0, 0.1) is 10.1 Å². The van der Waals surface area contributed by atoms with E-state index in [1.54, 1.807) is 24.1 Å². The van der Waals surface area contributed by atoms with Gasteiger partial charge in [0.1, 0.15) is 5.75 Å². The van der Waals surface area contributed by atoms with Gasteiger partial charge >= 0.3 is 0 Å². The quantitative estimate of drug-likeness (QED) is 0.422. The molecule has 1 fully saturated rings. The smallest absolute Gasteiger partial charge is 0.270 e. The fraction of sp³-hybridized carbons (Fsp3) is 0.211. The number of amidine groups is 1. The molecule has 0 aromatic heterocycles. The minimum Gasteiger partial charge on any atom is -0.497 e. The predicted molar refractivity (Wildman–Crippen MR) is 109 cm³/mol. The number of benzene rings is 2. The van der Waals surface area contributed by atoms with Crippen molar-refractivity contribution in [2.45, 2.75) is 18.7 Å². The lowest BCUT2D eigenvalue weighted by Gasteiger charge is -2.15. The number of hydrogen-bond acceptors (Lipinski definition) is 7. The lowest BCUT2D eigenvalue weighted by Crippen LogP contribution is -2.30. The summed E-state index contributed by atoms with van der Waals surface area (Å²) in [6.45, 7) is 2.20. The Morgan fingerprint density at radius 2 is 2.04 bits per heavy atom. The second-order valence-corrected chi connectivity index (χ2v) is 7.32.